The van der Waals surface area contributed by atoms with Crippen LogP contribution in [0.2, 0.25) is 0 Å². The van der Waals surface area contributed by atoms with Gasteiger partial charge in [-0.3, -0.25) is 0 Å². The molecule has 1 rings (SSSR count). The molecule has 1 fully saturated rings. The second kappa shape index (κ2) is 5.86. The maximum absolute atomic E-state index is 10.8. The van der Waals surface area contributed by atoms with Gasteiger partial charge >= 0.3 is 6.16 Å². The molecule has 0 spiro atoms. The maximum Gasteiger partial charge on any atom is 0.508 e. The molecule has 1 saturated heterocycles. The van der Waals surface area contributed by atoms with Crippen LogP contribution in [0.3, 0.4) is 0 Å². The second-order valence-electron chi connectivity index (χ2n) is 3.60. The summed E-state index contributed by atoms with van der Waals surface area (Å²) in [5.41, 5.74) is 0. The SMILES string of the molecule is CCOC(=O)OCCC1CCCN1C. The number of carbonyl (C=O) groups is 1. The van der Waals surface area contributed by atoms with Gasteiger partial charge in [-0.05, 0) is 39.8 Å². The number of likely N-dealkylation sites (tertiary alicyclic amines) is 1. The quantitative estimate of drug-likeness (QED) is 0.648. The van der Waals surface area contributed by atoms with Crippen LogP contribution < -0.4 is 0 Å². The molecule has 4 nitrogen and oxygen atoms in total. The molecule has 0 N–H and O–H groups in total. The van der Waals surface area contributed by atoms with Crippen molar-refractivity contribution in [3.8, 4) is 0 Å². The summed E-state index contributed by atoms with van der Waals surface area (Å²) in [7, 11) is 2.11. The predicted octanol–water partition coefficient (Wildman–Crippen LogP) is 1.64. The van der Waals surface area contributed by atoms with Crippen LogP contribution in [0.1, 0.15) is 26.2 Å². The minimum atomic E-state index is -0.548. The average molecular weight is 201 g/mol. The summed E-state index contributed by atoms with van der Waals surface area (Å²) in [5, 5.41) is 0. The molecule has 14 heavy (non-hydrogen) atoms. The fraction of sp³-hybridized carbons (Fsp3) is 0.900. The van der Waals surface area contributed by atoms with Crippen LogP contribution in [0.5, 0.6) is 0 Å². The largest absolute Gasteiger partial charge is 0.508 e. The Bertz CT molecular complexity index is 184. The van der Waals surface area contributed by atoms with E-state index < -0.39 is 6.16 Å². The Hall–Kier alpha value is -0.770. The lowest BCUT2D eigenvalue weighted by atomic mass is 10.2. The van der Waals surface area contributed by atoms with Crippen molar-refractivity contribution in [1.29, 1.82) is 0 Å². The van der Waals surface area contributed by atoms with E-state index in [-0.39, 0.29) is 0 Å². The van der Waals surface area contributed by atoms with E-state index in [1.54, 1.807) is 6.92 Å². The summed E-state index contributed by atoms with van der Waals surface area (Å²) in [6.07, 6.45) is 2.83. The Morgan fingerprint density at radius 3 is 2.86 bits per heavy atom. The van der Waals surface area contributed by atoms with Gasteiger partial charge in [0.05, 0.1) is 13.2 Å². The lowest BCUT2D eigenvalue weighted by Gasteiger charge is -2.18. The van der Waals surface area contributed by atoms with E-state index in [0.717, 1.165) is 13.0 Å². The van der Waals surface area contributed by atoms with Gasteiger partial charge in [-0.2, -0.15) is 0 Å². The Balaban J connectivity index is 2.06. The molecule has 1 aliphatic heterocycles. The molecule has 4 heteroatoms. The molecule has 0 radical (unpaired) electrons. The molecule has 1 atom stereocenters. The van der Waals surface area contributed by atoms with E-state index in [1.165, 1.54) is 12.8 Å². The molecule has 1 aliphatic rings. The van der Waals surface area contributed by atoms with Crippen molar-refractivity contribution in [3.05, 3.63) is 0 Å². The van der Waals surface area contributed by atoms with Crippen LogP contribution in [-0.4, -0.2) is 43.9 Å². The van der Waals surface area contributed by atoms with Crippen molar-refractivity contribution in [1.82, 2.24) is 4.90 Å². The van der Waals surface area contributed by atoms with Crippen LogP contribution in [0.4, 0.5) is 4.79 Å². The van der Waals surface area contributed by atoms with Crippen LogP contribution in [0.25, 0.3) is 0 Å². The number of carbonyl (C=O) groups excluding carboxylic acids is 1. The number of hydrogen-bond donors (Lipinski definition) is 0. The van der Waals surface area contributed by atoms with E-state index in [1.807, 2.05) is 0 Å². The zero-order chi connectivity index (χ0) is 10.4. The first-order valence-electron chi connectivity index (χ1n) is 5.23. The number of rotatable bonds is 4. The van der Waals surface area contributed by atoms with Gasteiger partial charge in [-0.25, -0.2) is 4.79 Å². The first-order chi connectivity index (χ1) is 6.74. The highest BCUT2D eigenvalue weighted by atomic mass is 16.7. The third-order valence-corrected chi connectivity index (χ3v) is 2.60. The number of hydrogen-bond acceptors (Lipinski definition) is 4. The zero-order valence-corrected chi connectivity index (χ0v) is 8.99. The first kappa shape index (κ1) is 11.3. The first-order valence-corrected chi connectivity index (χ1v) is 5.23. The van der Waals surface area contributed by atoms with Gasteiger partial charge < -0.3 is 14.4 Å². The van der Waals surface area contributed by atoms with Crippen LogP contribution in [0, 0.1) is 0 Å². The van der Waals surface area contributed by atoms with Crippen molar-refractivity contribution in [2.45, 2.75) is 32.2 Å². The minimum Gasteiger partial charge on any atom is -0.435 e. The summed E-state index contributed by atoms with van der Waals surface area (Å²) >= 11 is 0. The summed E-state index contributed by atoms with van der Waals surface area (Å²) < 4.78 is 9.56. The van der Waals surface area contributed by atoms with Crippen molar-refractivity contribution in [3.63, 3.8) is 0 Å². The lowest BCUT2D eigenvalue weighted by Crippen LogP contribution is -2.26. The van der Waals surface area contributed by atoms with Gasteiger partial charge in [-0.1, -0.05) is 0 Å². The monoisotopic (exact) mass is 201 g/mol. The lowest BCUT2D eigenvalue weighted by molar-refractivity contribution is 0.0539. The van der Waals surface area contributed by atoms with Gasteiger partial charge in [0.1, 0.15) is 0 Å². The molecule has 0 aromatic rings. The van der Waals surface area contributed by atoms with Gasteiger partial charge in [0.15, 0.2) is 0 Å². The minimum absolute atomic E-state index is 0.377. The van der Waals surface area contributed by atoms with E-state index in [2.05, 4.69) is 16.7 Å². The summed E-state index contributed by atoms with van der Waals surface area (Å²) in [5.74, 6) is 0. The molecule has 0 saturated carbocycles. The molecule has 0 aromatic carbocycles. The van der Waals surface area contributed by atoms with Crippen LogP contribution >= 0.6 is 0 Å². The number of nitrogens with zero attached hydrogens (tertiary/aromatic N) is 1. The van der Waals surface area contributed by atoms with E-state index in [0.29, 0.717) is 19.3 Å². The molecule has 0 amide bonds. The molecule has 0 bridgehead atoms. The predicted molar refractivity (Wildman–Crippen MR) is 53.2 cm³/mol. The molecule has 0 aliphatic carbocycles. The summed E-state index contributed by atoms with van der Waals surface area (Å²) in [4.78, 5) is 13.2. The van der Waals surface area contributed by atoms with Crippen molar-refractivity contribution >= 4 is 6.16 Å². The highest BCUT2D eigenvalue weighted by Gasteiger charge is 2.20. The summed E-state index contributed by atoms with van der Waals surface area (Å²) in [6.45, 7) is 3.77. The highest BCUT2D eigenvalue weighted by molar-refractivity contribution is 5.59. The van der Waals surface area contributed by atoms with Gasteiger partial charge in [0.2, 0.25) is 0 Å². The van der Waals surface area contributed by atoms with Crippen molar-refractivity contribution < 1.29 is 14.3 Å². The fourth-order valence-corrected chi connectivity index (χ4v) is 1.78. The Labute approximate surface area is 85.2 Å². The second-order valence-corrected chi connectivity index (χ2v) is 3.60. The standard InChI is InChI=1S/C10H19NO3/c1-3-13-10(12)14-8-6-9-5-4-7-11(9)2/h9H,3-8H2,1-2H3. The molecule has 1 heterocycles. The van der Waals surface area contributed by atoms with E-state index >= 15 is 0 Å². The summed E-state index contributed by atoms with van der Waals surface area (Å²) in [6, 6.07) is 0.574. The molecule has 82 valence electrons. The van der Waals surface area contributed by atoms with Gasteiger partial charge in [-0.15, -0.1) is 0 Å². The fourth-order valence-electron chi connectivity index (χ4n) is 1.78. The van der Waals surface area contributed by atoms with Gasteiger partial charge in [0.25, 0.3) is 0 Å². The normalized spacial score (nSPS) is 22.3. The molecular weight excluding hydrogens is 182 g/mol. The third-order valence-electron chi connectivity index (χ3n) is 2.60. The Morgan fingerprint density at radius 1 is 1.50 bits per heavy atom. The average Bonchev–Trinajstić information content (AvgIpc) is 2.52. The van der Waals surface area contributed by atoms with Crippen LogP contribution in [-0.2, 0) is 9.47 Å². The number of ether oxygens (including phenoxy) is 2. The molecule has 0 aromatic heterocycles. The van der Waals surface area contributed by atoms with E-state index in [4.69, 9.17) is 4.74 Å². The Morgan fingerprint density at radius 2 is 2.29 bits per heavy atom. The van der Waals surface area contributed by atoms with Crippen molar-refractivity contribution in [2.75, 3.05) is 26.8 Å². The molecular formula is C10H19NO3. The van der Waals surface area contributed by atoms with Crippen molar-refractivity contribution in [2.24, 2.45) is 0 Å². The van der Waals surface area contributed by atoms with E-state index in [9.17, 15) is 4.79 Å². The topological polar surface area (TPSA) is 38.8 Å². The maximum atomic E-state index is 10.8. The highest BCUT2D eigenvalue weighted by Crippen LogP contribution is 2.17. The van der Waals surface area contributed by atoms with Crippen LogP contribution in [0.15, 0.2) is 0 Å². The smallest absolute Gasteiger partial charge is 0.435 e. The molecule has 1 unspecified atom stereocenters. The third kappa shape index (κ3) is 3.54. The zero-order valence-electron chi connectivity index (χ0n) is 8.99. The van der Waals surface area contributed by atoms with Gasteiger partial charge in [0, 0.05) is 6.04 Å². The Kier molecular flexibility index (Phi) is 4.73.